The van der Waals surface area contributed by atoms with E-state index in [-0.39, 0.29) is 12.1 Å². The van der Waals surface area contributed by atoms with Crippen molar-refractivity contribution in [1.82, 2.24) is 15.4 Å². The first-order valence-electron chi connectivity index (χ1n) is 5.45. The summed E-state index contributed by atoms with van der Waals surface area (Å²) in [5.74, 6) is 0.738. The van der Waals surface area contributed by atoms with Gasteiger partial charge in [0.1, 0.15) is 11.5 Å². The fraction of sp³-hybridized carbons (Fsp3) is 0.636. The van der Waals surface area contributed by atoms with Crippen molar-refractivity contribution in [2.45, 2.75) is 26.4 Å². The number of hydrogen-bond acceptors (Lipinski definition) is 4. The Hall–Kier alpha value is -1.56. The quantitative estimate of drug-likeness (QED) is 0.840. The Morgan fingerprint density at radius 3 is 2.94 bits per heavy atom. The van der Waals surface area contributed by atoms with E-state index in [9.17, 15) is 4.79 Å². The molecule has 0 aromatic carbocycles. The van der Waals surface area contributed by atoms with Crippen LogP contribution in [0.4, 0.5) is 4.79 Å². The summed E-state index contributed by atoms with van der Waals surface area (Å²) in [5, 5.41) is 6.64. The average Bonchev–Trinajstić information content (AvgIpc) is 2.64. The van der Waals surface area contributed by atoms with Gasteiger partial charge in [0.25, 0.3) is 0 Å². The maximum absolute atomic E-state index is 11.7. The highest BCUT2D eigenvalue weighted by molar-refractivity contribution is 5.74. The summed E-state index contributed by atoms with van der Waals surface area (Å²) in [7, 11) is 3.31. The standard InChI is InChI=1S/C11H19N3O3/c1-8(7-16-4)12-11(15)14(3)6-10-5-9(2)17-13-10/h5,8H,6-7H2,1-4H3,(H,12,15)/t8-/m0/s1. The van der Waals surface area contributed by atoms with E-state index in [1.165, 1.54) is 0 Å². The summed E-state index contributed by atoms with van der Waals surface area (Å²) in [5.41, 5.74) is 0.736. The average molecular weight is 241 g/mol. The van der Waals surface area contributed by atoms with Crippen molar-refractivity contribution in [2.75, 3.05) is 20.8 Å². The summed E-state index contributed by atoms with van der Waals surface area (Å²) in [6.07, 6.45) is 0. The van der Waals surface area contributed by atoms with E-state index in [4.69, 9.17) is 9.26 Å². The van der Waals surface area contributed by atoms with E-state index >= 15 is 0 Å². The number of urea groups is 1. The Morgan fingerprint density at radius 1 is 1.71 bits per heavy atom. The fourth-order valence-corrected chi connectivity index (χ4v) is 1.42. The molecule has 1 aromatic rings. The third kappa shape index (κ3) is 4.44. The van der Waals surface area contributed by atoms with Gasteiger partial charge in [-0.25, -0.2) is 4.79 Å². The molecule has 1 aromatic heterocycles. The Kier molecular flexibility index (Phi) is 4.96. The second-order valence-corrected chi connectivity index (χ2v) is 4.09. The van der Waals surface area contributed by atoms with E-state index in [1.54, 1.807) is 19.1 Å². The van der Waals surface area contributed by atoms with Gasteiger partial charge in [-0.1, -0.05) is 5.16 Å². The van der Waals surface area contributed by atoms with Gasteiger partial charge < -0.3 is 19.5 Å². The van der Waals surface area contributed by atoms with Gasteiger partial charge in [0.05, 0.1) is 19.2 Å². The minimum absolute atomic E-state index is 0.0194. The lowest BCUT2D eigenvalue weighted by Gasteiger charge is -2.19. The molecule has 0 fully saturated rings. The van der Waals surface area contributed by atoms with Crippen molar-refractivity contribution in [3.8, 4) is 0 Å². The molecule has 2 amide bonds. The summed E-state index contributed by atoms with van der Waals surface area (Å²) in [4.78, 5) is 13.3. The second-order valence-electron chi connectivity index (χ2n) is 4.09. The lowest BCUT2D eigenvalue weighted by Crippen LogP contribution is -2.43. The van der Waals surface area contributed by atoms with Gasteiger partial charge >= 0.3 is 6.03 Å². The number of rotatable bonds is 5. The zero-order chi connectivity index (χ0) is 12.8. The molecular weight excluding hydrogens is 222 g/mol. The normalized spacial score (nSPS) is 12.2. The topological polar surface area (TPSA) is 67.6 Å². The maximum Gasteiger partial charge on any atom is 0.317 e. The number of amides is 2. The van der Waals surface area contributed by atoms with Crippen LogP contribution >= 0.6 is 0 Å². The molecule has 1 rings (SSSR count). The van der Waals surface area contributed by atoms with Crippen LogP contribution in [0, 0.1) is 6.92 Å². The van der Waals surface area contributed by atoms with E-state index in [1.807, 2.05) is 19.9 Å². The molecule has 17 heavy (non-hydrogen) atoms. The molecular formula is C11H19N3O3. The number of ether oxygens (including phenoxy) is 1. The summed E-state index contributed by atoms with van der Waals surface area (Å²) >= 11 is 0. The zero-order valence-corrected chi connectivity index (χ0v) is 10.7. The maximum atomic E-state index is 11.7. The molecule has 0 unspecified atom stereocenters. The summed E-state index contributed by atoms with van der Waals surface area (Å²) in [6, 6.07) is 1.63. The largest absolute Gasteiger partial charge is 0.383 e. The molecule has 0 bridgehead atoms. The Balaban J connectivity index is 2.41. The molecule has 96 valence electrons. The van der Waals surface area contributed by atoms with Crippen LogP contribution in [0.25, 0.3) is 0 Å². The third-order valence-electron chi connectivity index (χ3n) is 2.21. The molecule has 1 N–H and O–H groups in total. The van der Waals surface area contributed by atoms with Gasteiger partial charge in [-0.2, -0.15) is 0 Å². The molecule has 0 spiro atoms. The SMILES string of the molecule is COC[C@H](C)NC(=O)N(C)Cc1cc(C)on1. The minimum atomic E-state index is -0.157. The van der Waals surface area contributed by atoms with Crippen LogP contribution in [0.5, 0.6) is 0 Å². The number of aryl methyl sites for hydroxylation is 1. The van der Waals surface area contributed by atoms with Crippen molar-refractivity contribution in [1.29, 1.82) is 0 Å². The lowest BCUT2D eigenvalue weighted by molar-refractivity contribution is 0.162. The first-order chi connectivity index (χ1) is 8.02. The molecule has 0 saturated heterocycles. The van der Waals surface area contributed by atoms with Crippen LogP contribution < -0.4 is 5.32 Å². The van der Waals surface area contributed by atoms with E-state index in [0.717, 1.165) is 11.5 Å². The molecule has 0 aliphatic rings. The van der Waals surface area contributed by atoms with Crippen molar-refractivity contribution in [3.63, 3.8) is 0 Å². The molecule has 0 aliphatic carbocycles. The van der Waals surface area contributed by atoms with Crippen LogP contribution in [-0.2, 0) is 11.3 Å². The van der Waals surface area contributed by atoms with Gasteiger partial charge in [0.2, 0.25) is 0 Å². The van der Waals surface area contributed by atoms with Crippen LogP contribution in [0.2, 0.25) is 0 Å². The summed E-state index contributed by atoms with van der Waals surface area (Å²) < 4.78 is 9.88. The number of hydrogen-bond donors (Lipinski definition) is 1. The number of methoxy groups -OCH3 is 1. The van der Waals surface area contributed by atoms with Crippen molar-refractivity contribution < 1.29 is 14.1 Å². The van der Waals surface area contributed by atoms with E-state index < -0.39 is 0 Å². The van der Waals surface area contributed by atoms with E-state index in [2.05, 4.69) is 10.5 Å². The van der Waals surface area contributed by atoms with E-state index in [0.29, 0.717) is 13.2 Å². The molecule has 6 heteroatoms. The Morgan fingerprint density at radius 2 is 2.41 bits per heavy atom. The number of aromatic nitrogens is 1. The predicted molar refractivity (Wildman–Crippen MR) is 62.6 cm³/mol. The third-order valence-corrected chi connectivity index (χ3v) is 2.21. The number of carbonyl (C=O) groups is 1. The van der Waals surface area contributed by atoms with Crippen LogP contribution in [0.15, 0.2) is 10.6 Å². The molecule has 0 aliphatic heterocycles. The fourth-order valence-electron chi connectivity index (χ4n) is 1.42. The number of nitrogens with zero attached hydrogens (tertiary/aromatic N) is 2. The van der Waals surface area contributed by atoms with Gasteiger partial charge in [-0.15, -0.1) is 0 Å². The number of nitrogens with one attached hydrogen (secondary N) is 1. The van der Waals surface area contributed by atoms with Gasteiger partial charge in [-0.3, -0.25) is 0 Å². The Bertz CT molecular complexity index is 365. The van der Waals surface area contributed by atoms with Gasteiger partial charge in [0, 0.05) is 20.2 Å². The first-order valence-corrected chi connectivity index (χ1v) is 5.45. The highest BCUT2D eigenvalue weighted by Gasteiger charge is 2.13. The second kappa shape index (κ2) is 6.24. The lowest BCUT2D eigenvalue weighted by atomic mass is 10.3. The van der Waals surface area contributed by atoms with Crippen LogP contribution in [-0.4, -0.2) is 42.9 Å². The van der Waals surface area contributed by atoms with Crippen LogP contribution in [0.1, 0.15) is 18.4 Å². The zero-order valence-electron chi connectivity index (χ0n) is 10.7. The highest BCUT2D eigenvalue weighted by atomic mass is 16.5. The van der Waals surface area contributed by atoms with Crippen molar-refractivity contribution in [3.05, 3.63) is 17.5 Å². The highest BCUT2D eigenvalue weighted by Crippen LogP contribution is 2.04. The first kappa shape index (κ1) is 13.5. The molecule has 1 heterocycles. The van der Waals surface area contributed by atoms with Crippen molar-refractivity contribution >= 4 is 6.03 Å². The van der Waals surface area contributed by atoms with Gasteiger partial charge in [0.15, 0.2) is 0 Å². The van der Waals surface area contributed by atoms with Gasteiger partial charge in [-0.05, 0) is 13.8 Å². The number of carbonyl (C=O) groups excluding carboxylic acids is 1. The van der Waals surface area contributed by atoms with Crippen molar-refractivity contribution in [2.24, 2.45) is 0 Å². The molecule has 0 radical (unpaired) electrons. The molecule has 1 atom stereocenters. The van der Waals surface area contributed by atoms with Crippen LogP contribution in [0.3, 0.4) is 0 Å². The predicted octanol–water partition coefficient (Wildman–Crippen LogP) is 1.16. The summed E-state index contributed by atoms with van der Waals surface area (Å²) in [6.45, 7) is 4.61. The molecule has 6 nitrogen and oxygen atoms in total. The smallest absolute Gasteiger partial charge is 0.317 e. The minimum Gasteiger partial charge on any atom is -0.383 e. The Labute approximate surface area is 101 Å². The molecule has 0 saturated carbocycles. The monoisotopic (exact) mass is 241 g/mol.